The van der Waals surface area contributed by atoms with Crippen LogP contribution in [0.15, 0.2) is 18.2 Å². The molecule has 1 aromatic carbocycles. The smallest absolute Gasteiger partial charge is 0.258 e. The van der Waals surface area contributed by atoms with E-state index in [0.717, 1.165) is 12.1 Å². The molecule has 2 rings (SSSR count). The van der Waals surface area contributed by atoms with Gasteiger partial charge in [0.2, 0.25) is 0 Å². The molecule has 0 aromatic heterocycles. The van der Waals surface area contributed by atoms with E-state index in [1.165, 1.54) is 12.8 Å². The molecule has 0 aliphatic heterocycles. The second-order valence-electron chi connectivity index (χ2n) is 4.86. The molecule has 1 amide bonds. The maximum atomic E-state index is 11.4. The van der Waals surface area contributed by atoms with Gasteiger partial charge in [-0.1, -0.05) is 6.07 Å². The van der Waals surface area contributed by atoms with E-state index in [2.05, 4.69) is 10.6 Å². The Balaban J connectivity index is 1.89. The lowest BCUT2D eigenvalue weighted by Crippen LogP contribution is -2.29. The number of carbonyl (C=O) groups excluding carboxylic acids is 1. The Morgan fingerprint density at radius 2 is 2.24 bits per heavy atom. The summed E-state index contributed by atoms with van der Waals surface area (Å²) in [4.78, 5) is 11.4. The van der Waals surface area contributed by atoms with E-state index in [1.54, 1.807) is 13.2 Å². The molecule has 0 bridgehead atoms. The van der Waals surface area contributed by atoms with Gasteiger partial charge in [0.15, 0.2) is 18.1 Å². The van der Waals surface area contributed by atoms with Crippen LogP contribution in [0, 0.1) is 11.3 Å². The van der Waals surface area contributed by atoms with Crippen molar-refractivity contribution in [3.63, 3.8) is 0 Å². The Morgan fingerprint density at radius 1 is 1.43 bits per heavy atom. The summed E-state index contributed by atoms with van der Waals surface area (Å²) in [5.41, 5.74) is 1.11. The predicted molar refractivity (Wildman–Crippen MR) is 77.0 cm³/mol. The number of amides is 1. The molecule has 1 aliphatic carbocycles. The fourth-order valence-corrected chi connectivity index (χ4v) is 1.82. The topological polar surface area (TPSA) is 83.4 Å². The largest absolute Gasteiger partial charge is 0.493 e. The Labute approximate surface area is 124 Å². The van der Waals surface area contributed by atoms with Gasteiger partial charge in [-0.05, 0) is 30.5 Å². The summed E-state index contributed by atoms with van der Waals surface area (Å²) in [5.74, 6) is 0.774. The molecule has 0 radical (unpaired) electrons. The first kappa shape index (κ1) is 15.1. The summed E-state index contributed by atoms with van der Waals surface area (Å²) in [7, 11) is 1.57. The molecule has 0 saturated heterocycles. The van der Waals surface area contributed by atoms with Crippen LogP contribution in [0.1, 0.15) is 18.4 Å². The Bertz CT molecular complexity index is 535. The van der Waals surface area contributed by atoms with Gasteiger partial charge in [-0.2, -0.15) is 5.26 Å². The second kappa shape index (κ2) is 7.50. The van der Waals surface area contributed by atoms with E-state index in [9.17, 15) is 4.79 Å². The van der Waals surface area contributed by atoms with Crippen LogP contribution in [-0.4, -0.2) is 32.2 Å². The standard InChI is InChI=1S/C15H19N3O3/c1-20-14-8-11(9-18-12-3-4-12)2-5-13(14)21-10-15(19)17-7-6-16/h2,5,8,12,18H,3-4,7,9-10H2,1H3,(H,17,19). The number of ether oxygens (including phenoxy) is 2. The van der Waals surface area contributed by atoms with E-state index in [0.29, 0.717) is 17.5 Å². The molecular formula is C15H19N3O3. The lowest BCUT2D eigenvalue weighted by atomic mass is 10.2. The third-order valence-corrected chi connectivity index (χ3v) is 3.12. The van der Waals surface area contributed by atoms with E-state index in [-0.39, 0.29) is 19.1 Å². The van der Waals surface area contributed by atoms with Gasteiger partial charge in [-0.3, -0.25) is 4.79 Å². The molecule has 21 heavy (non-hydrogen) atoms. The van der Waals surface area contributed by atoms with Crippen molar-refractivity contribution < 1.29 is 14.3 Å². The van der Waals surface area contributed by atoms with Gasteiger partial charge < -0.3 is 20.1 Å². The van der Waals surface area contributed by atoms with Crippen LogP contribution in [-0.2, 0) is 11.3 Å². The summed E-state index contributed by atoms with van der Waals surface area (Å²) in [6, 6.07) is 8.12. The fraction of sp³-hybridized carbons (Fsp3) is 0.467. The SMILES string of the molecule is COc1cc(CNC2CC2)ccc1OCC(=O)NCC#N. The molecule has 6 nitrogen and oxygen atoms in total. The quantitative estimate of drug-likeness (QED) is 0.697. The van der Waals surface area contributed by atoms with Crippen LogP contribution < -0.4 is 20.1 Å². The van der Waals surface area contributed by atoms with Crippen molar-refractivity contribution in [1.82, 2.24) is 10.6 Å². The summed E-state index contributed by atoms with van der Waals surface area (Å²) in [5, 5.41) is 14.2. The van der Waals surface area contributed by atoms with Crippen LogP contribution in [0.3, 0.4) is 0 Å². The van der Waals surface area contributed by atoms with Gasteiger partial charge in [0.1, 0.15) is 6.54 Å². The van der Waals surface area contributed by atoms with Crippen LogP contribution in [0.5, 0.6) is 11.5 Å². The molecule has 1 saturated carbocycles. The number of rotatable bonds is 8. The number of nitriles is 1. The minimum atomic E-state index is -0.335. The van der Waals surface area contributed by atoms with Gasteiger partial charge in [0, 0.05) is 12.6 Å². The van der Waals surface area contributed by atoms with Crippen molar-refractivity contribution >= 4 is 5.91 Å². The number of benzene rings is 1. The first-order valence-electron chi connectivity index (χ1n) is 6.89. The van der Waals surface area contributed by atoms with Crippen LogP contribution in [0.2, 0.25) is 0 Å². The molecule has 6 heteroatoms. The van der Waals surface area contributed by atoms with Crippen LogP contribution in [0.25, 0.3) is 0 Å². The third-order valence-electron chi connectivity index (χ3n) is 3.12. The first-order valence-corrected chi connectivity index (χ1v) is 6.89. The van der Waals surface area contributed by atoms with Gasteiger partial charge in [0.25, 0.3) is 5.91 Å². The zero-order chi connectivity index (χ0) is 15.1. The van der Waals surface area contributed by atoms with Crippen molar-refractivity contribution in [2.75, 3.05) is 20.3 Å². The first-order chi connectivity index (χ1) is 10.2. The molecule has 0 spiro atoms. The number of nitrogens with zero attached hydrogens (tertiary/aromatic N) is 1. The zero-order valence-corrected chi connectivity index (χ0v) is 12.0. The maximum Gasteiger partial charge on any atom is 0.258 e. The van der Waals surface area contributed by atoms with Crippen molar-refractivity contribution in [2.24, 2.45) is 0 Å². The van der Waals surface area contributed by atoms with Crippen molar-refractivity contribution in [3.8, 4) is 17.6 Å². The second-order valence-corrected chi connectivity index (χ2v) is 4.86. The van der Waals surface area contributed by atoms with Gasteiger partial charge >= 0.3 is 0 Å². The maximum absolute atomic E-state index is 11.4. The number of hydrogen-bond donors (Lipinski definition) is 2. The highest BCUT2D eigenvalue weighted by Crippen LogP contribution is 2.28. The number of hydrogen-bond acceptors (Lipinski definition) is 5. The minimum absolute atomic E-state index is 0.0227. The molecular weight excluding hydrogens is 270 g/mol. The summed E-state index contributed by atoms with van der Waals surface area (Å²) >= 11 is 0. The predicted octanol–water partition coefficient (Wildman–Crippen LogP) is 0.966. The average Bonchev–Trinajstić information content (AvgIpc) is 3.33. The lowest BCUT2D eigenvalue weighted by molar-refractivity contribution is -0.122. The van der Waals surface area contributed by atoms with E-state index in [4.69, 9.17) is 14.7 Å². The van der Waals surface area contributed by atoms with Gasteiger partial charge in [-0.25, -0.2) is 0 Å². The average molecular weight is 289 g/mol. The Hall–Kier alpha value is -2.26. The summed E-state index contributed by atoms with van der Waals surface area (Å²) < 4.78 is 10.7. The van der Waals surface area contributed by atoms with E-state index >= 15 is 0 Å². The molecule has 0 unspecified atom stereocenters. The highest BCUT2D eigenvalue weighted by Gasteiger charge is 2.20. The molecule has 2 N–H and O–H groups in total. The number of carbonyl (C=O) groups is 1. The van der Waals surface area contributed by atoms with E-state index < -0.39 is 0 Å². The minimum Gasteiger partial charge on any atom is -0.493 e. The summed E-state index contributed by atoms with van der Waals surface area (Å²) in [6.07, 6.45) is 2.49. The van der Waals surface area contributed by atoms with Crippen molar-refractivity contribution in [3.05, 3.63) is 23.8 Å². The Kier molecular flexibility index (Phi) is 5.41. The Morgan fingerprint density at radius 3 is 2.90 bits per heavy atom. The molecule has 0 atom stereocenters. The van der Waals surface area contributed by atoms with Crippen molar-refractivity contribution in [2.45, 2.75) is 25.4 Å². The highest BCUT2D eigenvalue weighted by molar-refractivity contribution is 5.77. The highest BCUT2D eigenvalue weighted by atomic mass is 16.5. The van der Waals surface area contributed by atoms with E-state index in [1.807, 2.05) is 18.2 Å². The fourth-order valence-electron chi connectivity index (χ4n) is 1.82. The molecule has 0 heterocycles. The third kappa shape index (κ3) is 4.97. The molecule has 1 fully saturated rings. The van der Waals surface area contributed by atoms with Gasteiger partial charge in [0.05, 0.1) is 13.2 Å². The van der Waals surface area contributed by atoms with Crippen molar-refractivity contribution in [1.29, 1.82) is 5.26 Å². The lowest BCUT2D eigenvalue weighted by Gasteiger charge is -2.12. The monoisotopic (exact) mass is 289 g/mol. The van der Waals surface area contributed by atoms with Gasteiger partial charge in [-0.15, -0.1) is 0 Å². The summed E-state index contributed by atoms with van der Waals surface area (Å²) in [6.45, 7) is 0.632. The molecule has 112 valence electrons. The zero-order valence-electron chi connectivity index (χ0n) is 12.0. The number of nitrogens with one attached hydrogen (secondary N) is 2. The van der Waals surface area contributed by atoms with Crippen LogP contribution >= 0.6 is 0 Å². The molecule has 1 aliphatic rings. The molecule has 1 aromatic rings. The number of methoxy groups -OCH3 is 1. The van der Waals surface area contributed by atoms with Crippen LogP contribution in [0.4, 0.5) is 0 Å². The normalized spacial score (nSPS) is 13.3.